The van der Waals surface area contributed by atoms with Gasteiger partial charge in [0.05, 0.1) is 0 Å². The molecule has 268 valence electrons. The van der Waals surface area contributed by atoms with Gasteiger partial charge in [0.25, 0.3) is 0 Å². The zero-order valence-electron chi connectivity index (χ0n) is 31.6. The average molecular weight is 802 g/mol. The third-order valence-corrected chi connectivity index (χ3v) is 13.4. The van der Waals surface area contributed by atoms with Crippen molar-refractivity contribution in [1.29, 1.82) is 0 Å². The summed E-state index contributed by atoms with van der Waals surface area (Å²) in [6.45, 7) is 20.7. The molecule has 0 aliphatic carbocycles. The average Bonchev–Trinajstić information content (AvgIpc) is 3.50. The third-order valence-electron chi connectivity index (χ3n) is 7.50. The molecule has 0 unspecified atom stereocenters. The van der Waals surface area contributed by atoms with Gasteiger partial charge in [0.1, 0.15) is 0 Å². The maximum atomic E-state index is 12.5. The minimum Gasteiger partial charge on any atom is -0.871 e. The number of halogens is 2. The number of hydrogen-bond acceptors (Lipinski definition) is 3. The molecular weight excluding hydrogens is 743 g/mol. The van der Waals surface area contributed by atoms with Crippen LogP contribution in [0.5, 0.6) is 5.75 Å². The zero-order valence-corrected chi connectivity index (χ0v) is 38.1. The van der Waals surface area contributed by atoms with Gasteiger partial charge in [-0.2, -0.15) is 0 Å². The van der Waals surface area contributed by atoms with Gasteiger partial charge in [-0.15, -0.1) is 0 Å². The Morgan fingerprint density at radius 1 is 0.760 bits per heavy atom. The zero-order chi connectivity index (χ0) is 36.1. The quantitative estimate of drug-likeness (QED) is 0.142. The topological polar surface area (TPSA) is 43.6 Å². The van der Waals surface area contributed by atoms with Crippen LogP contribution in [-0.2, 0) is 32.6 Å². The molecular formula is C41H59Cl2N3OSi2Zn. The van der Waals surface area contributed by atoms with Crippen molar-refractivity contribution in [3.63, 3.8) is 0 Å². The summed E-state index contributed by atoms with van der Waals surface area (Å²) < 4.78 is 4.82. The Labute approximate surface area is 329 Å². The first-order chi connectivity index (χ1) is 23.3. The molecule has 0 N–H and O–H groups in total. The van der Waals surface area contributed by atoms with Gasteiger partial charge in [-0.1, -0.05) is 201 Å². The molecule has 1 fully saturated rings. The van der Waals surface area contributed by atoms with Crippen LogP contribution in [0, 0.1) is 0 Å². The van der Waals surface area contributed by atoms with Gasteiger partial charge in [-0.25, -0.2) is 0 Å². The predicted molar refractivity (Wildman–Crippen MR) is 219 cm³/mol. The van der Waals surface area contributed by atoms with Crippen LogP contribution in [-0.4, -0.2) is 51.9 Å². The molecule has 1 aliphatic rings. The second-order valence-corrected chi connectivity index (χ2v) is 24.9. The van der Waals surface area contributed by atoms with E-state index < -0.39 is 16.5 Å². The molecule has 0 spiro atoms. The van der Waals surface area contributed by atoms with Crippen LogP contribution in [0.1, 0.15) is 43.7 Å². The normalized spacial score (nSPS) is 14.2. The SMILES string of the molecule is CCCCN1CCC[C@H]1CN(Cc1ccccc1)Cc1cc(Cl)cc(Cl)c1[O-].C[Si](C)(C)[N-][Si](C)(C)C.[Zn+2].c1ccccc1.c1ccccc1. The van der Waals surface area contributed by atoms with Gasteiger partial charge in [-0.05, 0) is 55.6 Å². The molecule has 1 saturated heterocycles. The van der Waals surface area contributed by atoms with E-state index in [1.165, 1.54) is 43.9 Å². The molecule has 0 saturated carbocycles. The molecule has 1 atom stereocenters. The molecule has 0 radical (unpaired) electrons. The summed E-state index contributed by atoms with van der Waals surface area (Å²) in [4.78, 5) is 4.98. The molecule has 0 amide bonds. The Balaban J connectivity index is 0.000000458. The van der Waals surface area contributed by atoms with E-state index in [0.717, 1.165) is 19.6 Å². The Bertz CT molecular complexity index is 1310. The minimum absolute atomic E-state index is 0. The smallest absolute Gasteiger partial charge is 0.871 e. The fraction of sp³-hybridized carbons (Fsp3) is 0.415. The van der Waals surface area contributed by atoms with Crippen molar-refractivity contribution in [2.24, 2.45) is 0 Å². The van der Waals surface area contributed by atoms with E-state index in [0.29, 0.717) is 23.2 Å². The van der Waals surface area contributed by atoms with Crippen LogP contribution in [0.15, 0.2) is 115 Å². The van der Waals surface area contributed by atoms with Gasteiger partial charge in [-0.3, -0.25) is 9.80 Å². The van der Waals surface area contributed by atoms with Crippen LogP contribution < -0.4 is 5.11 Å². The number of likely N-dealkylation sites (tertiary alicyclic amines) is 1. The van der Waals surface area contributed by atoms with E-state index in [1.54, 1.807) is 6.07 Å². The van der Waals surface area contributed by atoms with Crippen LogP contribution in [0.2, 0.25) is 49.3 Å². The molecule has 50 heavy (non-hydrogen) atoms. The van der Waals surface area contributed by atoms with E-state index in [9.17, 15) is 5.11 Å². The monoisotopic (exact) mass is 799 g/mol. The van der Waals surface area contributed by atoms with Crippen molar-refractivity contribution in [1.82, 2.24) is 9.80 Å². The van der Waals surface area contributed by atoms with E-state index >= 15 is 0 Å². The van der Waals surface area contributed by atoms with E-state index in [1.807, 2.05) is 78.9 Å². The molecule has 1 heterocycles. The van der Waals surface area contributed by atoms with Crippen molar-refractivity contribution in [2.45, 2.75) is 91.0 Å². The second kappa shape index (κ2) is 25.2. The van der Waals surface area contributed by atoms with E-state index in [4.69, 9.17) is 27.8 Å². The van der Waals surface area contributed by atoms with Gasteiger partial charge in [0.2, 0.25) is 0 Å². The minimum atomic E-state index is -1.11. The van der Waals surface area contributed by atoms with Crippen molar-refractivity contribution in [2.75, 3.05) is 19.6 Å². The second-order valence-electron chi connectivity index (χ2n) is 14.5. The molecule has 1 aliphatic heterocycles. The maximum Gasteiger partial charge on any atom is 2.00 e. The van der Waals surface area contributed by atoms with Crippen molar-refractivity contribution in [3.05, 3.63) is 141 Å². The van der Waals surface area contributed by atoms with Gasteiger partial charge in [0, 0.05) is 35.7 Å². The first-order valence-electron chi connectivity index (χ1n) is 17.7. The Kier molecular flexibility index (Phi) is 23.3. The summed E-state index contributed by atoms with van der Waals surface area (Å²) in [5.74, 6) is -0.113. The first-order valence-corrected chi connectivity index (χ1v) is 25.3. The van der Waals surface area contributed by atoms with Gasteiger partial charge < -0.3 is 9.75 Å². The van der Waals surface area contributed by atoms with Crippen LogP contribution in [0.3, 0.4) is 0 Å². The fourth-order valence-electron chi connectivity index (χ4n) is 5.83. The third kappa shape index (κ3) is 21.5. The first kappa shape index (κ1) is 46.2. The summed E-state index contributed by atoms with van der Waals surface area (Å²) in [7, 11) is -2.21. The largest absolute Gasteiger partial charge is 2.00 e. The predicted octanol–water partition coefficient (Wildman–Crippen LogP) is 11.7. The molecule has 4 aromatic rings. The van der Waals surface area contributed by atoms with Crippen molar-refractivity contribution in [3.8, 4) is 5.75 Å². The number of nitrogens with zero attached hydrogens (tertiary/aromatic N) is 3. The van der Waals surface area contributed by atoms with E-state index in [2.05, 4.69) is 80.3 Å². The molecule has 4 nitrogen and oxygen atoms in total. The van der Waals surface area contributed by atoms with E-state index in [-0.39, 0.29) is 30.3 Å². The summed E-state index contributed by atoms with van der Waals surface area (Å²) in [5.41, 5.74) is 1.92. The summed E-state index contributed by atoms with van der Waals surface area (Å²) >= 11 is 12.3. The Morgan fingerprint density at radius 3 is 1.68 bits per heavy atom. The summed E-state index contributed by atoms with van der Waals surface area (Å²) in [6, 6.07) is 38.3. The van der Waals surface area contributed by atoms with Crippen LogP contribution >= 0.6 is 23.2 Å². The van der Waals surface area contributed by atoms with Crippen LogP contribution in [0.25, 0.3) is 4.65 Å². The molecule has 9 heteroatoms. The number of hydrogen-bond donors (Lipinski definition) is 0. The standard InChI is InChI=1S/C23H30Cl2N2O.C6H18NSi2.2C6H6.Zn/c1-2-3-11-27-12-7-10-21(27)17-26(15-18-8-5-4-6-9-18)16-19-13-20(24)14-22(25)23(19)28;1-8(2,3)7-9(4,5)6;2*1-2-4-6-5-3-1;/h4-6,8-9,13-14,21,28H,2-3,7,10-12,15-17H2,1H3;1-6H3;2*1-6H;/q;-1;;;+2/p-1/t21-;;;;/m0..../s1. The van der Waals surface area contributed by atoms with Crippen molar-refractivity contribution < 1.29 is 24.6 Å². The van der Waals surface area contributed by atoms with Gasteiger partial charge >= 0.3 is 19.5 Å². The molecule has 0 aromatic heterocycles. The van der Waals surface area contributed by atoms with Crippen LogP contribution in [0.4, 0.5) is 0 Å². The molecule has 5 rings (SSSR count). The number of benzene rings is 4. The molecule has 0 bridgehead atoms. The Hall–Kier alpha value is -1.80. The number of rotatable bonds is 11. The maximum absolute atomic E-state index is 12.5. The van der Waals surface area contributed by atoms with Crippen molar-refractivity contribution >= 4 is 39.7 Å². The number of unbranched alkanes of at least 4 members (excludes halogenated alkanes) is 1. The Morgan fingerprint density at radius 2 is 1.24 bits per heavy atom. The molecule has 4 aromatic carbocycles. The summed E-state index contributed by atoms with van der Waals surface area (Å²) in [6.07, 6.45) is 4.93. The summed E-state index contributed by atoms with van der Waals surface area (Å²) in [5, 5.41) is 13.2. The van der Waals surface area contributed by atoms with Gasteiger partial charge in [0.15, 0.2) is 0 Å². The fourth-order valence-corrected chi connectivity index (χ4v) is 14.4.